The Morgan fingerprint density at radius 3 is 2.61 bits per heavy atom. The fourth-order valence-electron chi connectivity index (χ4n) is 5.36. The van der Waals surface area contributed by atoms with Crippen LogP contribution in [0.2, 0.25) is 0 Å². The number of hydrogen-bond donors (Lipinski definition) is 2. The Kier molecular flexibility index (Phi) is 8.12. The molecule has 5 rings (SSSR count). The number of ether oxygens (including phenoxy) is 1. The molecular formula is C31H28F3N7O3. The summed E-state index contributed by atoms with van der Waals surface area (Å²) in [6.45, 7) is 6.17. The molecule has 0 amide bonds. The molecule has 0 spiro atoms. The molecule has 0 aliphatic carbocycles. The minimum Gasteiger partial charge on any atom is -0.466 e. The minimum atomic E-state index is -4.63. The average molecular weight is 604 g/mol. The van der Waals surface area contributed by atoms with Crippen LogP contribution >= 0.6 is 0 Å². The summed E-state index contributed by atoms with van der Waals surface area (Å²) in [5, 5.41) is 19.5. The molecule has 1 aliphatic heterocycles. The summed E-state index contributed by atoms with van der Waals surface area (Å²) in [5.74, 6) is -0.807. The smallest absolute Gasteiger partial charge is 0.416 e. The van der Waals surface area contributed by atoms with Crippen molar-refractivity contribution in [1.82, 2.24) is 25.1 Å². The van der Waals surface area contributed by atoms with Crippen molar-refractivity contribution in [2.45, 2.75) is 46.1 Å². The maximum absolute atomic E-state index is 13.6. The lowest BCUT2D eigenvalue weighted by Crippen LogP contribution is -2.38. The van der Waals surface area contributed by atoms with E-state index >= 15 is 0 Å². The number of esters is 1. The van der Waals surface area contributed by atoms with Gasteiger partial charge in [0.05, 0.1) is 35.6 Å². The standard InChI is InChI=1S/C31H28F3N7O3/c1-17-10-11-37-25(18(17)2)16-36-15-21-12-20(14-35)8-9-24(21)27-26(28(42)44-4)19(3)40(29-38-39-30(43)41(27)29)23-7-5-6-22(13-23)31(32,33)34/h5-13,27,36H,15-16H2,1-4H3,(H,39,43). The van der Waals surface area contributed by atoms with Gasteiger partial charge in [0.1, 0.15) is 6.04 Å². The van der Waals surface area contributed by atoms with E-state index in [0.717, 1.165) is 29.0 Å². The van der Waals surface area contributed by atoms with E-state index < -0.39 is 29.4 Å². The van der Waals surface area contributed by atoms with Gasteiger partial charge in [0, 0.05) is 30.7 Å². The van der Waals surface area contributed by atoms with Crippen LogP contribution in [-0.2, 0) is 28.8 Å². The topological polar surface area (TPSA) is 129 Å². The molecule has 44 heavy (non-hydrogen) atoms. The van der Waals surface area contributed by atoms with Gasteiger partial charge < -0.3 is 10.1 Å². The number of alkyl halides is 3. The van der Waals surface area contributed by atoms with Crippen molar-refractivity contribution >= 4 is 17.6 Å². The third-order valence-corrected chi connectivity index (χ3v) is 7.73. The molecule has 0 fully saturated rings. The SMILES string of the molecule is COC(=O)C1=C(C)N(c2cccc(C(F)(F)F)c2)c2n[nH]c(=O)n2C1c1ccc(C#N)cc1CNCc1nccc(C)c1C. The highest BCUT2D eigenvalue weighted by Crippen LogP contribution is 2.43. The molecule has 0 bridgehead atoms. The summed E-state index contributed by atoms with van der Waals surface area (Å²) >= 11 is 0. The van der Waals surface area contributed by atoms with Crippen LogP contribution in [0.5, 0.6) is 0 Å². The highest BCUT2D eigenvalue weighted by atomic mass is 19.4. The molecule has 2 aromatic carbocycles. The summed E-state index contributed by atoms with van der Waals surface area (Å²) in [7, 11) is 1.18. The number of anilines is 2. The summed E-state index contributed by atoms with van der Waals surface area (Å²) < 4.78 is 47.2. The number of carbonyl (C=O) groups is 1. The van der Waals surface area contributed by atoms with E-state index in [1.165, 1.54) is 28.7 Å². The first kappa shape index (κ1) is 30.2. The van der Waals surface area contributed by atoms with Crippen molar-refractivity contribution in [3.63, 3.8) is 0 Å². The van der Waals surface area contributed by atoms with Gasteiger partial charge in [-0.15, -0.1) is 5.10 Å². The van der Waals surface area contributed by atoms with E-state index in [0.29, 0.717) is 23.2 Å². The number of methoxy groups -OCH3 is 1. The van der Waals surface area contributed by atoms with Crippen LogP contribution in [0.3, 0.4) is 0 Å². The van der Waals surface area contributed by atoms with Gasteiger partial charge in [-0.05, 0) is 79.4 Å². The number of halogens is 3. The highest BCUT2D eigenvalue weighted by Gasteiger charge is 2.41. The summed E-state index contributed by atoms with van der Waals surface area (Å²) in [6, 6.07) is 12.3. The Balaban J connectivity index is 1.65. The van der Waals surface area contributed by atoms with Crippen LogP contribution in [0.25, 0.3) is 0 Å². The van der Waals surface area contributed by atoms with Gasteiger partial charge >= 0.3 is 17.8 Å². The molecule has 1 aliphatic rings. The van der Waals surface area contributed by atoms with E-state index in [1.807, 2.05) is 19.9 Å². The van der Waals surface area contributed by atoms with Gasteiger partial charge in [-0.2, -0.15) is 18.4 Å². The summed E-state index contributed by atoms with van der Waals surface area (Å²) in [4.78, 5) is 32.5. The van der Waals surface area contributed by atoms with Crippen LogP contribution in [0.4, 0.5) is 24.8 Å². The number of nitriles is 1. The molecule has 2 N–H and O–H groups in total. The number of aromatic amines is 1. The number of carbonyl (C=O) groups excluding carboxylic acids is 1. The quantitative estimate of drug-likeness (QED) is 0.284. The fourth-order valence-corrected chi connectivity index (χ4v) is 5.36. The first-order valence-corrected chi connectivity index (χ1v) is 13.5. The molecule has 3 heterocycles. The molecule has 0 saturated carbocycles. The monoisotopic (exact) mass is 603 g/mol. The molecule has 1 atom stereocenters. The largest absolute Gasteiger partial charge is 0.466 e. The Bertz CT molecular complexity index is 1890. The Morgan fingerprint density at radius 2 is 1.91 bits per heavy atom. The Hall–Kier alpha value is -5.22. The van der Waals surface area contributed by atoms with E-state index in [1.54, 1.807) is 31.3 Å². The number of aryl methyl sites for hydroxylation is 1. The van der Waals surface area contributed by atoms with Crippen molar-refractivity contribution in [1.29, 1.82) is 5.26 Å². The molecule has 4 aromatic rings. The summed E-state index contributed by atoms with van der Waals surface area (Å²) in [6.07, 6.45) is -2.90. The van der Waals surface area contributed by atoms with Crippen LogP contribution in [0.15, 0.2) is 70.8 Å². The zero-order valence-electron chi connectivity index (χ0n) is 24.3. The Morgan fingerprint density at radius 1 is 1.14 bits per heavy atom. The molecule has 0 radical (unpaired) electrons. The van der Waals surface area contributed by atoms with E-state index in [9.17, 15) is 28.0 Å². The second-order valence-corrected chi connectivity index (χ2v) is 10.3. The number of nitrogens with zero attached hydrogens (tertiary/aromatic N) is 5. The number of hydrogen-bond acceptors (Lipinski definition) is 8. The lowest BCUT2D eigenvalue weighted by atomic mass is 9.90. The van der Waals surface area contributed by atoms with Crippen molar-refractivity contribution in [3.8, 4) is 6.07 Å². The molecule has 13 heteroatoms. The van der Waals surface area contributed by atoms with Crippen molar-refractivity contribution in [2.24, 2.45) is 0 Å². The van der Waals surface area contributed by atoms with Gasteiger partial charge in [0.2, 0.25) is 5.95 Å². The molecule has 0 saturated heterocycles. The van der Waals surface area contributed by atoms with Gasteiger partial charge in [0.15, 0.2) is 0 Å². The molecule has 2 aromatic heterocycles. The zero-order valence-corrected chi connectivity index (χ0v) is 24.3. The first-order valence-electron chi connectivity index (χ1n) is 13.5. The fraction of sp³-hybridized carbons (Fsp3) is 0.258. The third kappa shape index (κ3) is 5.47. The van der Waals surface area contributed by atoms with E-state index in [-0.39, 0.29) is 29.5 Å². The second-order valence-electron chi connectivity index (χ2n) is 10.3. The van der Waals surface area contributed by atoms with Crippen molar-refractivity contribution < 1.29 is 22.7 Å². The number of aromatic nitrogens is 4. The van der Waals surface area contributed by atoms with Crippen molar-refractivity contribution in [2.75, 3.05) is 12.0 Å². The molecule has 226 valence electrons. The zero-order chi connectivity index (χ0) is 31.8. The second kappa shape index (κ2) is 11.8. The first-order chi connectivity index (χ1) is 21.0. The van der Waals surface area contributed by atoms with Crippen LogP contribution < -0.4 is 15.9 Å². The number of fused-ring (bicyclic) bond motifs is 1. The predicted octanol–water partition coefficient (Wildman–Crippen LogP) is 4.95. The average Bonchev–Trinajstić information content (AvgIpc) is 3.38. The number of allylic oxidation sites excluding steroid dienone is 1. The normalized spacial score (nSPS) is 14.8. The Labute approximate surface area is 250 Å². The van der Waals surface area contributed by atoms with E-state index in [2.05, 4.69) is 26.6 Å². The predicted molar refractivity (Wildman–Crippen MR) is 155 cm³/mol. The van der Waals surface area contributed by atoms with Gasteiger partial charge in [-0.3, -0.25) is 9.88 Å². The van der Waals surface area contributed by atoms with Gasteiger partial charge in [-0.1, -0.05) is 12.1 Å². The lowest BCUT2D eigenvalue weighted by molar-refractivity contribution is -0.138. The van der Waals surface area contributed by atoms with Crippen LogP contribution in [-0.4, -0.2) is 32.8 Å². The number of nitrogens with one attached hydrogen (secondary N) is 2. The molecule has 10 nitrogen and oxygen atoms in total. The molecule has 1 unspecified atom stereocenters. The number of rotatable bonds is 7. The molecular weight excluding hydrogens is 575 g/mol. The number of pyridine rings is 1. The third-order valence-electron chi connectivity index (χ3n) is 7.73. The van der Waals surface area contributed by atoms with Crippen LogP contribution in [0, 0.1) is 25.2 Å². The number of benzene rings is 2. The lowest BCUT2D eigenvalue weighted by Gasteiger charge is -2.36. The summed E-state index contributed by atoms with van der Waals surface area (Å²) in [5.41, 5.74) is 3.11. The maximum Gasteiger partial charge on any atom is 0.416 e. The van der Waals surface area contributed by atoms with E-state index in [4.69, 9.17) is 4.74 Å². The minimum absolute atomic E-state index is 0.0167. The van der Waals surface area contributed by atoms with Crippen molar-refractivity contribution in [3.05, 3.63) is 116 Å². The van der Waals surface area contributed by atoms with Gasteiger partial charge in [-0.25, -0.2) is 19.3 Å². The maximum atomic E-state index is 13.6. The van der Waals surface area contributed by atoms with Crippen LogP contribution in [0.1, 0.15) is 52.0 Å². The van der Waals surface area contributed by atoms with Gasteiger partial charge in [0.25, 0.3) is 0 Å². The number of H-pyrrole nitrogens is 1. The highest BCUT2D eigenvalue weighted by molar-refractivity contribution is 5.93.